The van der Waals surface area contributed by atoms with Crippen LogP contribution < -0.4 is 16.0 Å². The Morgan fingerprint density at radius 3 is 1.76 bits per heavy atom. The van der Waals surface area contributed by atoms with Gasteiger partial charge < -0.3 is 30.5 Å². The van der Waals surface area contributed by atoms with Gasteiger partial charge in [0.05, 0.1) is 12.8 Å². The Labute approximate surface area is 344 Å². The Bertz CT molecular complexity index is 1950. The Kier molecular flexibility index (Phi) is 14.7. The first-order valence-corrected chi connectivity index (χ1v) is 20.2. The van der Waals surface area contributed by atoms with Crippen LogP contribution in [0.25, 0.3) is 11.3 Å². The molecule has 3 aromatic carbocycles. The first kappa shape index (κ1) is 43.4. The SMILES string of the molecule is COC(=O)N[C@H](C(=O)NC(CC[C@@H](Cc1ccccc1)NC(=O)[C@@H](N1CCN(Cc2ccccc2)C1=O)C(C)(C)C)Cc1ccc(-c2ccccn2)cc1)C(C)(C)C. The largest absolute Gasteiger partial charge is 0.453 e. The molecule has 308 valence electrons. The Balaban J connectivity index is 1.38. The lowest BCUT2D eigenvalue weighted by atomic mass is 9.84. The molecule has 0 aliphatic carbocycles. The molecule has 5 amide bonds. The maximum absolute atomic E-state index is 14.5. The van der Waals surface area contributed by atoms with Crippen LogP contribution in [0.15, 0.2) is 109 Å². The van der Waals surface area contributed by atoms with E-state index in [1.54, 1.807) is 16.0 Å². The number of hydrogen-bond donors (Lipinski definition) is 3. The molecule has 5 rings (SSSR count). The van der Waals surface area contributed by atoms with Gasteiger partial charge in [-0.05, 0) is 65.3 Å². The predicted octanol–water partition coefficient (Wildman–Crippen LogP) is 7.41. The summed E-state index contributed by atoms with van der Waals surface area (Å²) in [5.41, 5.74) is 3.81. The second-order valence-corrected chi connectivity index (χ2v) is 17.4. The first-order chi connectivity index (χ1) is 27.6. The highest BCUT2D eigenvalue weighted by Crippen LogP contribution is 2.29. The molecule has 0 radical (unpaired) electrons. The van der Waals surface area contributed by atoms with Gasteiger partial charge in [0.1, 0.15) is 12.1 Å². The van der Waals surface area contributed by atoms with E-state index in [1.165, 1.54) is 7.11 Å². The number of alkyl carbamates (subject to hydrolysis) is 1. The second kappa shape index (κ2) is 19.6. The summed E-state index contributed by atoms with van der Waals surface area (Å²) in [6, 6.07) is 31.5. The molecule has 3 N–H and O–H groups in total. The van der Waals surface area contributed by atoms with E-state index in [0.29, 0.717) is 45.3 Å². The van der Waals surface area contributed by atoms with Gasteiger partial charge in [-0.2, -0.15) is 0 Å². The maximum Gasteiger partial charge on any atom is 0.407 e. The molecule has 1 saturated heterocycles. The third-order valence-corrected chi connectivity index (χ3v) is 10.6. The number of carbonyl (C=O) groups excluding carboxylic acids is 4. The van der Waals surface area contributed by atoms with Gasteiger partial charge in [0, 0.05) is 43.5 Å². The van der Waals surface area contributed by atoms with Gasteiger partial charge in [-0.15, -0.1) is 0 Å². The summed E-state index contributed by atoms with van der Waals surface area (Å²) in [4.78, 5) is 62.8. The van der Waals surface area contributed by atoms with E-state index in [4.69, 9.17) is 4.74 Å². The van der Waals surface area contributed by atoms with Crippen LogP contribution in [-0.2, 0) is 33.7 Å². The van der Waals surface area contributed by atoms with Gasteiger partial charge in [0.15, 0.2) is 0 Å². The fourth-order valence-corrected chi connectivity index (χ4v) is 7.59. The van der Waals surface area contributed by atoms with Crippen LogP contribution in [-0.4, -0.2) is 83.1 Å². The van der Waals surface area contributed by atoms with Crippen molar-refractivity contribution in [3.63, 3.8) is 0 Å². The summed E-state index contributed by atoms with van der Waals surface area (Å²) in [7, 11) is 1.27. The third kappa shape index (κ3) is 12.1. The number of methoxy groups -OCH3 is 1. The van der Waals surface area contributed by atoms with E-state index in [2.05, 4.69) is 20.9 Å². The zero-order valence-electron chi connectivity index (χ0n) is 35.0. The lowest BCUT2D eigenvalue weighted by Gasteiger charge is -2.37. The van der Waals surface area contributed by atoms with E-state index < -0.39 is 29.0 Å². The lowest BCUT2D eigenvalue weighted by molar-refractivity contribution is -0.129. The van der Waals surface area contributed by atoms with Crippen LogP contribution in [0.3, 0.4) is 0 Å². The zero-order valence-corrected chi connectivity index (χ0v) is 35.0. The summed E-state index contributed by atoms with van der Waals surface area (Å²) >= 11 is 0. The van der Waals surface area contributed by atoms with Crippen molar-refractivity contribution >= 4 is 23.9 Å². The van der Waals surface area contributed by atoms with E-state index in [0.717, 1.165) is 27.9 Å². The molecule has 11 nitrogen and oxygen atoms in total. The highest BCUT2D eigenvalue weighted by Gasteiger charge is 2.44. The molecule has 0 spiro atoms. The Hall–Kier alpha value is -5.71. The number of amides is 5. The minimum atomic E-state index is -0.860. The predicted molar refractivity (Wildman–Crippen MR) is 228 cm³/mol. The molecule has 4 aromatic rings. The fraction of sp³-hybridized carbons (Fsp3) is 0.426. The second-order valence-electron chi connectivity index (χ2n) is 17.4. The number of carbonyl (C=O) groups is 4. The summed E-state index contributed by atoms with van der Waals surface area (Å²) in [6.45, 7) is 13.1. The van der Waals surface area contributed by atoms with Crippen LogP contribution in [0, 0.1) is 10.8 Å². The number of urea groups is 1. The molecule has 1 aromatic heterocycles. The van der Waals surface area contributed by atoms with Crippen molar-refractivity contribution in [2.24, 2.45) is 10.8 Å². The van der Waals surface area contributed by atoms with E-state index in [9.17, 15) is 19.2 Å². The fourth-order valence-electron chi connectivity index (χ4n) is 7.59. The number of pyridine rings is 1. The van der Waals surface area contributed by atoms with Gasteiger partial charge in [-0.1, -0.05) is 133 Å². The molecule has 0 saturated carbocycles. The summed E-state index contributed by atoms with van der Waals surface area (Å²) < 4.78 is 4.86. The van der Waals surface area contributed by atoms with Crippen molar-refractivity contribution in [1.29, 1.82) is 0 Å². The van der Waals surface area contributed by atoms with Crippen molar-refractivity contribution in [2.75, 3.05) is 20.2 Å². The highest BCUT2D eigenvalue weighted by atomic mass is 16.5. The monoisotopic (exact) mass is 788 g/mol. The third-order valence-electron chi connectivity index (χ3n) is 10.6. The molecule has 11 heteroatoms. The lowest BCUT2D eigenvalue weighted by Crippen LogP contribution is -2.57. The molecule has 0 bridgehead atoms. The molecule has 4 atom stereocenters. The van der Waals surface area contributed by atoms with Gasteiger partial charge in [-0.3, -0.25) is 14.6 Å². The topological polar surface area (TPSA) is 133 Å². The minimum absolute atomic E-state index is 0.149. The summed E-state index contributed by atoms with van der Waals surface area (Å²) in [5.74, 6) is -0.527. The van der Waals surface area contributed by atoms with Gasteiger partial charge in [0.25, 0.3) is 0 Å². The Morgan fingerprint density at radius 2 is 1.22 bits per heavy atom. The summed E-state index contributed by atoms with van der Waals surface area (Å²) in [6.07, 6.45) is 3.21. The van der Waals surface area contributed by atoms with E-state index in [1.807, 2.05) is 145 Å². The van der Waals surface area contributed by atoms with Crippen molar-refractivity contribution in [3.8, 4) is 11.3 Å². The van der Waals surface area contributed by atoms with Crippen LogP contribution in [0.5, 0.6) is 0 Å². The molecule has 2 heterocycles. The van der Waals surface area contributed by atoms with E-state index in [-0.39, 0.29) is 29.9 Å². The number of aromatic nitrogens is 1. The molecular formula is C47H60N6O5. The average molecular weight is 789 g/mol. The molecule has 1 aliphatic rings. The van der Waals surface area contributed by atoms with Crippen LogP contribution in [0.1, 0.15) is 71.1 Å². The molecule has 58 heavy (non-hydrogen) atoms. The number of benzene rings is 3. The average Bonchev–Trinajstić information content (AvgIpc) is 3.53. The number of nitrogens with one attached hydrogen (secondary N) is 3. The van der Waals surface area contributed by atoms with Crippen LogP contribution >= 0.6 is 0 Å². The zero-order chi connectivity index (χ0) is 41.9. The molecule has 1 aliphatic heterocycles. The van der Waals surface area contributed by atoms with Crippen molar-refractivity contribution in [1.82, 2.24) is 30.7 Å². The Morgan fingerprint density at radius 1 is 0.672 bits per heavy atom. The van der Waals surface area contributed by atoms with Gasteiger partial charge in [0.2, 0.25) is 11.8 Å². The quantitative estimate of drug-likeness (QED) is 0.108. The van der Waals surface area contributed by atoms with Crippen molar-refractivity contribution < 1.29 is 23.9 Å². The molecule has 1 unspecified atom stereocenters. The number of hydrogen-bond acceptors (Lipinski definition) is 6. The minimum Gasteiger partial charge on any atom is -0.453 e. The maximum atomic E-state index is 14.5. The molecular weight excluding hydrogens is 729 g/mol. The van der Waals surface area contributed by atoms with Crippen LogP contribution in [0.2, 0.25) is 0 Å². The standard InChI is InChI=1S/C47H60N6O5/c1-46(2,3)40(51-44(56)58-7)42(54)49-37(31-34-21-23-36(24-22-34)39-20-14-15-27-48-39)25-26-38(30-33-16-10-8-11-17-33)50-43(55)41(47(4,5)6)53-29-28-52(45(53)57)32-35-18-12-9-13-19-35/h8-24,27,37-38,40-41H,25-26,28-32H2,1-7H3,(H,49,54)(H,50,55)(H,51,56)/t37?,38-,40+,41+/m0/s1. The van der Waals surface area contributed by atoms with Gasteiger partial charge >= 0.3 is 12.1 Å². The summed E-state index contributed by atoms with van der Waals surface area (Å²) in [5, 5.41) is 9.34. The smallest absolute Gasteiger partial charge is 0.407 e. The van der Waals surface area contributed by atoms with Crippen LogP contribution in [0.4, 0.5) is 9.59 Å². The van der Waals surface area contributed by atoms with Crippen molar-refractivity contribution in [2.45, 2.75) is 97.9 Å². The normalized spacial score (nSPS) is 15.3. The molecule has 1 fully saturated rings. The van der Waals surface area contributed by atoms with E-state index >= 15 is 0 Å². The first-order valence-electron chi connectivity index (χ1n) is 20.2. The van der Waals surface area contributed by atoms with Crippen molar-refractivity contribution in [3.05, 3.63) is 126 Å². The number of nitrogens with zero attached hydrogens (tertiary/aromatic N) is 3. The van der Waals surface area contributed by atoms with Gasteiger partial charge in [-0.25, -0.2) is 9.59 Å². The number of rotatable bonds is 16. The highest BCUT2D eigenvalue weighted by molar-refractivity contribution is 5.89. The number of ether oxygens (including phenoxy) is 1.